The van der Waals surface area contributed by atoms with Gasteiger partial charge in [0.2, 0.25) is 0 Å². The lowest BCUT2D eigenvalue weighted by Crippen LogP contribution is -2.00. The SMILES string of the molecule is O=C(O)c1ccnc(C#Cc2ccc(OCc3c(-c4c(Cl)cccc4Cl)noc3C3CC3)cc2Cl)c1. The van der Waals surface area contributed by atoms with Gasteiger partial charge in [0.15, 0.2) is 0 Å². The van der Waals surface area contributed by atoms with E-state index in [0.717, 1.165) is 24.2 Å². The summed E-state index contributed by atoms with van der Waals surface area (Å²) in [5.41, 5.74) is 2.98. The molecule has 0 aliphatic heterocycles. The van der Waals surface area contributed by atoms with Crippen molar-refractivity contribution in [2.45, 2.75) is 25.4 Å². The molecule has 0 atom stereocenters. The van der Waals surface area contributed by atoms with Gasteiger partial charge in [-0.1, -0.05) is 51.9 Å². The lowest BCUT2D eigenvalue weighted by Gasteiger charge is -2.10. The molecule has 6 nitrogen and oxygen atoms in total. The molecule has 1 aliphatic rings. The fourth-order valence-electron chi connectivity index (χ4n) is 3.65. The normalized spacial score (nSPS) is 12.6. The predicted octanol–water partition coefficient (Wildman–Crippen LogP) is 7.25. The molecule has 4 aromatic rings. The van der Waals surface area contributed by atoms with Crippen molar-refractivity contribution in [3.63, 3.8) is 0 Å². The van der Waals surface area contributed by atoms with Crippen LogP contribution in [0.1, 0.15) is 51.7 Å². The van der Waals surface area contributed by atoms with E-state index in [9.17, 15) is 4.79 Å². The number of halogens is 3. The van der Waals surface area contributed by atoms with Gasteiger partial charge >= 0.3 is 5.97 Å². The number of carboxylic acid groups (broad SMARTS) is 1. The zero-order chi connectivity index (χ0) is 25.2. The molecule has 2 aromatic heterocycles. The molecule has 1 saturated carbocycles. The van der Waals surface area contributed by atoms with Gasteiger partial charge in [-0.15, -0.1) is 0 Å². The first-order chi connectivity index (χ1) is 17.4. The average Bonchev–Trinajstić information content (AvgIpc) is 3.62. The average molecular weight is 540 g/mol. The second-order valence-electron chi connectivity index (χ2n) is 8.16. The van der Waals surface area contributed by atoms with Crippen molar-refractivity contribution < 1.29 is 19.2 Å². The van der Waals surface area contributed by atoms with E-state index in [2.05, 4.69) is 22.0 Å². The fourth-order valence-corrected chi connectivity index (χ4v) is 4.45. The third-order valence-corrected chi connectivity index (χ3v) is 6.56. The molecule has 0 radical (unpaired) electrons. The first-order valence-electron chi connectivity index (χ1n) is 11.0. The number of ether oxygens (including phenoxy) is 1. The standard InChI is InChI=1S/C27H17Cl3N2O4/c28-21-2-1-3-22(29)24(21)25-20(26(36-32-25)16-4-5-16)14-35-19-9-7-15(23(30)13-19)6-8-18-12-17(27(33)34)10-11-31-18/h1-3,7,9-13,16H,4-5,14H2,(H,33,34). The largest absolute Gasteiger partial charge is 0.489 e. The van der Waals surface area contributed by atoms with Crippen molar-refractivity contribution in [1.29, 1.82) is 0 Å². The number of benzene rings is 2. The van der Waals surface area contributed by atoms with E-state index in [1.807, 2.05) is 0 Å². The van der Waals surface area contributed by atoms with Crippen LogP contribution in [0.25, 0.3) is 11.3 Å². The monoisotopic (exact) mass is 538 g/mol. The number of rotatable bonds is 6. The number of nitrogens with zero attached hydrogens (tertiary/aromatic N) is 2. The molecule has 0 spiro atoms. The van der Waals surface area contributed by atoms with E-state index >= 15 is 0 Å². The van der Waals surface area contributed by atoms with Crippen LogP contribution in [0.2, 0.25) is 15.1 Å². The molecule has 2 heterocycles. The lowest BCUT2D eigenvalue weighted by atomic mass is 10.0. The van der Waals surface area contributed by atoms with Crippen LogP contribution in [0.3, 0.4) is 0 Å². The summed E-state index contributed by atoms with van der Waals surface area (Å²) < 4.78 is 11.7. The van der Waals surface area contributed by atoms with Crippen LogP contribution >= 0.6 is 34.8 Å². The van der Waals surface area contributed by atoms with E-state index in [-0.39, 0.29) is 12.2 Å². The van der Waals surface area contributed by atoms with Gasteiger partial charge in [-0.05, 0) is 55.2 Å². The molecule has 1 fully saturated rings. The molecular formula is C27H17Cl3N2O4. The molecule has 0 bridgehead atoms. The quantitative estimate of drug-likeness (QED) is 0.260. The predicted molar refractivity (Wildman–Crippen MR) is 137 cm³/mol. The number of aromatic carboxylic acids is 1. The van der Waals surface area contributed by atoms with Crippen LogP contribution in [0, 0.1) is 11.8 Å². The van der Waals surface area contributed by atoms with Crippen LogP contribution in [-0.4, -0.2) is 21.2 Å². The van der Waals surface area contributed by atoms with Crippen molar-refractivity contribution in [2.75, 3.05) is 0 Å². The highest BCUT2D eigenvalue weighted by Gasteiger charge is 2.33. The molecule has 9 heteroatoms. The van der Waals surface area contributed by atoms with E-state index < -0.39 is 5.97 Å². The summed E-state index contributed by atoms with van der Waals surface area (Å²) in [4.78, 5) is 15.2. The maximum Gasteiger partial charge on any atom is 0.335 e. The number of hydrogen-bond acceptors (Lipinski definition) is 5. The van der Waals surface area contributed by atoms with Gasteiger partial charge in [-0.2, -0.15) is 0 Å². The third kappa shape index (κ3) is 5.19. The summed E-state index contributed by atoms with van der Waals surface area (Å²) in [6, 6.07) is 13.2. The zero-order valence-electron chi connectivity index (χ0n) is 18.6. The summed E-state index contributed by atoms with van der Waals surface area (Å²) >= 11 is 19.3. The Morgan fingerprint density at radius 2 is 1.83 bits per heavy atom. The zero-order valence-corrected chi connectivity index (χ0v) is 20.9. The summed E-state index contributed by atoms with van der Waals surface area (Å²) in [5.74, 6) is 6.34. The minimum atomic E-state index is -1.04. The molecule has 5 rings (SSSR count). The van der Waals surface area contributed by atoms with Gasteiger partial charge in [0.25, 0.3) is 0 Å². The highest BCUT2D eigenvalue weighted by atomic mass is 35.5. The molecule has 1 N–H and O–H groups in total. The Bertz CT molecular complexity index is 1510. The Balaban J connectivity index is 1.37. The molecule has 0 saturated heterocycles. The second kappa shape index (κ2) is 10.2. The molecule has 0 unspecified atom stereocenters. The van der Waals surface area contributed by atoms with E-state index in [4.69, 9.17) is 49.2 Å². The summed E-state index contributed by atoms with van der Waals surface area (Å²) in [6.07, 6.45) is 3.46. The van der Waals surface area contributed by atoms with Crippen molar-refractivity contribution in [3.8, 4) is 28.8 Å². The maximum atomic E-state index is 11.1. The van der Waals surface area contributed by atoms with E-state index in [1.54, 1.807) is 36.4 Å². The summed E-state index contributed by atoms with van der Waals surface area (Å²) in [6.45, 7) is 0.194. The lowest BCUT2D eigenvalue weighted by molar-refractivity contribution is 0.0696. The van der Waals surface area contributed by atoms with Crippen LogP contribution in [0.5, 0.6) is 5.75 Å². The summed E-state index contributed by atoms with van der Waals surface area (Å²) in [7, 11) is 0. The first-order valence-corrected chi connectivity index (χ1v) is 12.1. The van der Waals surface area contributed by atoms with Crippen molar-refractivity contribution >= 4 is 40.8 Å². The Morgan fingerprint density at radius 1 is 1.06 bits per heavy atom. The number of carboxylic acids is 1. The van der Waals surface area contributed by atoms with E-state index in [1.165, 1.54) is 18.3 Å². The van der Waals surface area contributed by atoms with Crippen LogP contribution in [0.4, 0.5) is 0 Å². The number of hydrogen-bond donors (Lipinski definition) is 1. The van der Waals surface area contributed by atoms with Gasteiger partial charge in [0.05, 0.1) is 26.2 Å². The van der Waals surface area contributed by atoms with Gasteiger partial charge in [-0.3, -0.25) is 0 Å². The minimum Gasteiger partial charge on any atom is -0.489 e. The van der Waals surface area contributed by atoms with Crippen molar-refractivity contribution in [3.05, 3.63) is 97.9 Å². The Labute approximate surface area is 221 Å². The highest BCUT2D eigenvalue weighted by Crippen LogP contribution is 2.46. The van der Waals surface area contributed by atoms with Gasteiger partial charge in [0, 0.05) is 29.3 Å². The second-order valence-corrected chi connectivity index (χ2v) is 9.38. The molecular weight excluding hydrogens is 523 g/mol. The Hall–Kier alpha value is -3.50. The van der Waals surface area contributed by atoms with Gasteiger partial charge in [0.1, 0.15) is 29.5 Å². The van der Waals surface area contributed by atoms with E-state index in [0.29, 0.717) is 49.3 Å². The third-order valence-electron chi connectivity index (χ3n) is 5.62. The molecule has 36 heavy (non-hydrogen) atoms. The van der Waals surface area contributed by atoms with Crippen LogP contribution in [0.15, 0.2) is 59.3 Å². The van der Waals surface area contributed by atoms with Crippen LogP contribution in [-0.2, 0) is 6.61 Å². The molecule has 180 valence electrons. The topological polar surface area (TPSA) is 85.5 Å². The first kappa shape index (κ1) is 24.2. The fraction of sp³-hybridized carbons (Fsp3) is 0.148. The smallest absolute Gasteiger partial charge is 0.335 e. The summed E-state index contributed by atoms with van der Waals surface area (Å²) in [5, 5.41) is 14.7. The van der Waals surface area contributed by atoms with Gasteiger partial charge in [-0.25, -0.2) is 9.78 Å². The van der Waals surface area contributed by atoms with Gasteiger partial charge < -0.3 is 14.4 Å². The Kier molecular flexibility index (Phi) is 6.88. The Morgan fingerprint density at radius 3 is 2.53 bits per heavy atom. The number of carbonyl (C=O) groups is 1. The molecule has 2 aromatic carbocycles. The van der Waals surface area contributed by atoms with Crippen molar-refractivity contribution in [1.82, 2.24) is 10.1 Å². The minimum absolute atomic E-state index is 0.112. The maximum absolute atomic E-state index is 11.1. The molecule has 0 amide bonds. The van der Waals surface area contributed by atoms with Crippen LogP contribution < -0.4 is 4.74 Å². The number of aromatic nitrogens is 2. The number of pyridine rings is 1. The molecule has 1 aliphatic carbocycles. The van der Waals surface area contributed by atoms with Crippen molar-refractivity contribution in [2.24, 2.45) is 0 Å². The highest BCUT2D eigenvalue weighted by molar-refractivity contribution is 6.39.